The maximum atomic E-state index is 12.6. The van der Waals surface area contributed by atoms with Crippen LogP contribution in [0.25, 0.3) is 5.69 Å². The van der Waals surface area contributed by atoms with Crippen molar-refractivity contribution in [3.63, 3.8) is 0 Å². The fraction of sp³-hybridized carbons (Fsp3) is 0.125. The average molecular weight is 495 g/mol. The van der Waals surface area contributed by atoms with E-state index in [9.17, 15) is 4.79 Å². The van der Waals surface area contributed by atoms with Gasteiger partial charge in [-0.05, 0) is 48.5 Å². The van der Waals surface area contributed by atoms with E-state index >= 15 is 0 Å². The Morgan fingerprint density at radius 1 is 1.03 bits per heavy atom. The fourth-order valence-corrected chi connectivity index (χ4v) is 4.20. The zero-order chi connectivity index (χ0) is 23.3. The molecular formula is C24H19ClN4O4S. The van der Waals surface area contributed by atoms with Gasteiger partial charge in [-0.15, -0.1) is 10.2 Å². The van der Waals surface area contributed by atoms with Crippen LogP contribution >= 0.6 is 23.4 Å². The molecule has 3 aromatic carbocycles. The van der Waals surface area contributed by atoms with Crippen LogP contribution in [0.5, 0.6) is 17.2 Å². The Morgan fingerprint density at radius 2 is 1.82 bits per heavy atom. The molecule has 172 valence electrons. The van der Waals surface area contributed by atoms with Crippen LogP contribution in [0.1, 0.15) is 5.82 Å². The molecule has 5 rings (SSSR count). The highest BCUT2D eigenvalue weighted by Crippen LogP contribution is 2.34. The third-order valence-electron chi connectivity index (χ3n) is 4.89. The van der Waals surface area contributed by atoms with Gasteiger partial charge in [0.25, 0.3) is 0 Å². The van der Waals surface area contributed by atoms with Crippen LogP contribution < -0.4 is 19.5 Å². The summed E-state index contributed by atoms with van der Waals surface area (Å²) >= 11 is 7.34. The first-order valence-electron chi connectivity index (χ1n) is 10.4. The van der Waals surface area contributed by atoms with Gasteiger partial charge >= 0.3 is 0 Å². The standard InChI is InChI=1S/C24H19ClN4O4S/c25-16-6-9-18(10-7-16)29-22(13-31-19-4-2-1-3-5-19)27-28-24(29)34-14-23(30)26-17-8-11-20-21(12-17)33-15-32-20/h1-12H,13-15H2,(H,26,30). The van der Waals surface area contributed by atoms with E-state index in [4.69, 9.17) is 25.8 Å². The number of hydrogen-bond acceptors (Lipinski definition) is 7. The molecular weight excluding hydrogens is 476 g/mol. The molecule has 1 N–H and O–H groups in total. The lowest BCUT2D eigenvalue weighted by molar-refractivity contribution is -0.113. The quantitative estimate of drug-likeness (QED) is 0.346. The second-order valence-electron chi connectivity index (χ2n) is 7.22. The predicted molar refractivity (Wildman–Crippen MR) is 129 cm³/mol. The number of aromatic nitrogens is 3. The molecule has 2 heterocycles. The number of thioether (sulfide) groups is 1. The largest absolute Gasteiger partial charge is 0.486 e. The Labute approximate surface area is 204 Å². The van der Waals surface area contributed by atoms with Crippen molar-refractivity contribution in [2.24, 2.45) is 0 Å². The van der Waals surface area contributed by atoms with Gasteiger partial charge in [-0.3, -0.25) is 9.36 Å². The summed E-state index contributed by atoms with van der Waals surface area (Å²) in [4.78, 5) is 12.6. The molecule has 0 bridgehead atoms. The van der Waals surface area contributed by atoms with Gasteiger partial charge < -0.3 is 19.5 Å². The van der Waals surface area contributed by atoms with Crippen molar-refractivity contribution in [3.8, 4) is 22.9 Å². The summed E-state index contributed by atoms with van der Waals surface area (Å²) in [6, 6.07) is 22.1. The number of hydrogen-bond donors (Lipinski definition) is 1. The van der Waals surface area contributed by atoms with Crippen LogP contribution in [0.15, 0.2) is 78.0 Å². The van der Waals surface area contributed by atoms with E-state index in [0.717, 1.165) is 11.4 Å². The number of carbonyl (C=O) groups excluding carboxylic acids is 1. The lowest BCUT2D eigenvalue weighted by atomic mass is 10.3. The van der Waals surface area contributed by atoms with Crippen LogP contribution in [0.3, 0.4) is 0 Å². The smallest absolute Gasteiger partial charge is 0.234 e. The number of para-hydroxylation sites is 1. The minimum atomic E-state index is -0.184. The Morgan fingerprint density at radius 3 is 2.65 bits per heavy atom. The van der Waals surface area contributed by atoms with Gasteiger partial charge in [0.15, 0.2) is 22.5 Å². The third-order valence-corrected chi connectivity index (χ3v) is 6.07. The van der Waals surface area contributed by atoms with Gasteiger partial charge in [0, 0.05) is 22.5 Å². The van der Waals surface area contributed by atoms with Crippen molar-refractivity contribution in [3.05, 3.63) is 83.6 Å². The molecule has 34 heavy (non-hydrogen) atoms. The highest BCUT2D eigenvalue weighted by Gasteiger charge is 2.18. The summed E-state index contributed by atoms with van der Waals surface area (Å²) in [7, 11) is 0. The van der Waals surface area contributed by atoms with Gasteiger partial charge in [-0.25, -0.2) is 0 Å². The molecule has 0 spiro atoms. The van der Waals surface area contributed by atoms with Crippen molar-refractivity contribution < 1.29 is 19.0 Å². The Balaban J connectivity index is 1.30. The number of fused-ring (bicyclic) bond motifs is 1. The lowest BCUT2D eigenvalue weighted by Crippen LogP contribution is -2.14. The van der Waals surface area contributed by atoms with E-state index in [1.165, 1.54) is 11.8 Å². The zero-order valence-corrected chi connectivity index (χ0v) is 19.4. The molecule has 0 saturated heterocycles. The van der Waals surface area contributed by atoms with Crippen LogP contribution in [0.4, 0.5) is 5.69 Å². The number of anilines is 1. The SMILES string of the molecule is O=C(CSc1nnc(COc2ccccc2)n1-c1ccc(Cl)cc1)Nc1ccc2c(c1)OCO2. The first-order chi connectivity index (χ1) is 16.7. The number of amides is 1. The summed E-state index contributed by atoms with van der Waals surface area (Å²) in [5.41, 5.74) is 1.45. The number of nitrogens with one attached hydrogen (secondary N) is 1. The number of nitrogens with zero attached hydrogens (tertiary/aromatic N) is 3. The van der Waals surface area contributed by atoms with Gasteiger partial charge in [0.2, 0.25) is 12.7 Å². The molecule has 8 nitrogen and oxygen atoms in total. The fourth-order valence-electron chi connectivity index (χ4n) is 3.30. The van der Waals surface area contributed by atoms with Crippen LogP contribution in [0, 0.1) is 0 Å². The summed E-state index contributed by atoms with van der Waals surface area (Å²) in [5.74, 6) is 2.55. The van der Waals surface area contributed by atoms with Crippen molar-refractivity contribution in [2.75, 3.05) is 17.9 Å². The summed E-state index contributed by atoms with van der Waals surface area (Å²) in [5, 5.41) is 12.7. The monoisotopic (exact) mass is 494 g/mol. The molecule has 1 aromatic heterocycles. The van der Waals surface area contributed by atoms with Crippen LogP contribution in [-0.2, 0) is 11.4 Å². The second-order valence-corrected chi connectivity index (χ2v) is 8.60. The minimum absolute atomic E-state index is 0.139. The maximum absolute atomic E-state index is 12.6. The molecule has 0 radical (unpaired) electrons. The minimum Gasteiger partial charge on any atom is -0.486 e. The van der Waals surface area contributed by atoms with Crippen LogP contribution in [0.2, 0.25) is 5.02 Å². The molecule has 0 fully saturated rings. The van der Waals surface area contributed by atoms with Gasteiger partial charge in [-0.2, -0.15) is 0 Å². The molecule has 0 aliphatic carbocycles. The summed E-state index contributed by atoms with van der Waals surface area (Å²) < 4.78 is 18.4. The van der Waals surface area contributed by atoms with E-state index in [1.54, 1.807) is 30.3 Å². The van der Waals surface area contributed by atoms with Crippen molar-refractivity contribution >= 4 is 35.0 Å². The van der Waals surface area contributed by atoms with Gasteiger partial charge in [-0.1, -0.05) is 41.6 Å². The number of ether oxygens (including phenoxy) is 3. The topological polar surface area (TPSA) is 87.5 Å². The van der Waals surface area contributed by atoms with Crippen molar-refractivity contribution in [1.82, 2.24) is 14.8 Å². The Kier molecular flexibility index (Phi) is 6.55. The van der Waals surface area contributed by atoms with E-state index in [0.29, 0.717) is 33.2 Å². The van der Waals surface area contributed by atoms with E-state index in [-0.39, 0.29) is 25.1 Å². The molecule has 1 aliphatic heterocycles. The average Bonchev–Trinajstić information content (AvgIpc) is 3.49. The first-order valence-corrected chi connectivity index (χ1v) is 11.7. The number of benzene rings is 3. The highest BCUT2D eigenvalue weighted by atomic mass is 35.5. The highest BCUT2D eigenvalue weighted by molar-refractivity contribution is 7.99. The van der Waals surface area contributed by atoms with E-state index < -0.39 is 0 Å². The molecule has 10 heteroatoms. The molecule has 4 aromatic rings. The van der Waals surface area contributed by atoms with Gasteiger partial charge in [0.1, 0.15) is 12.4 Å². The number of rotatable bonds is 8. The van der Waals surface area contributed by atoms with Crippen molar-refractivity contribution in [1.29, 1.82) is 0 Å². The number of carbonyl (C=O) groups is 1. The number of halogens is 1. The van der Waals surface area contributed by atoms with Crippen LogP contribution in [-0.4, -0.2) is 33.2 Å². The molecule has 0 unspecified atom stereocenters. The predicted octanol–water partition coefficient (Wildman–Crippen LogP) is 4.96. The maximum Gasteiger partial charge on any atom is 0.234 e. The Hall–Kier alpha value is -3.69. The van der Waals surface area contributed by atoms with Gasteiger partial charge in [0.05, 0.1) is 5.75 Å². The molecule has 0 saturated carbocycles. The summed E-state index contributed by atoms with van der Waals surface area (Å²) in [6.45, 7) is 0.392. The molecule has 1 aliphatic rings. The van der Waals surface area contributed by atoms with E-state index in [2.05, 4.69) is 15.5 Å². The lowest BCUT2D eigenvalue weighted by Gasteiger charge is -2.11. The molecule has 1 amide bonds. The third kappa shape index (κ3) is 5.11. The zero-order valence-electron chi connectivity index (χ0n) is 17.8. The molecule has 0 atom stereocenters. The second kappa shape index (κ2) is 10.1. The van der Waals surface area contributed by atoms with Crippen molar-refractivity contribution in [2.45, 2.75) is 11.8 Å². The Bertz CT molecular complexity index is 1300. The first kappa shape index (κ1) is 22.1. The normalized spacial score (nSPS) is 11.9. The summed E-state index contributed by atoms with van der Waals surface area (Å²) in [6.07, 6.45) is 0. The van der Waals surface area contributed by atoms with E-state index in [1.807, 2.05) is 47.0 Å².